The fourth-order valence-electron chi connectivity index (χ4n) is 10.8. The first-order valence-corrected chi connectivity index (χ1v) is 31.2. The van der Waals surface area contributed by atoms with E-state index in [1.807, 2.05) is 89.6 Å². The summed E-state index contributed by atoms with van der Waals surface area (Å²) in [6.45, 7) is 11.1. The number of hydrogen-bond donors (Lipinski definition) is 1. The monoisotopic (exact) mass is 1320 g/mol. The van der Waals surface area contributed by atoms with Gasteiger partial charge in [-0.2, -0.15) is 0 Å². The first kappa shape index (κ1) is 69.9. The molecule has 0 spiro atoms. The zero-order valence-corrected chi connectivity index (χ0v) is 55.7. The lowest BCUT2D eigenvalue weighted by Gasteiger charge is -2.21. The van der Waals surface area contributed by atoms with Crippen molar-refractivity contribution in [3.8, 4) is 11.5 Å². The van der Waals surface area contributed by atoms with Gasteiger partial charge in [-0.15, -0.1) is 22.7 Å². The number of allylic oxidation sites excluding steroid dienone is 5. The number of Topliss-reactive ketones (excluding diaryl/α,β-unsaturated/α-hetero) is 2. The van der Waals surface area contributed by atoms with Gasteiger partial charge in [0.05, 0.1) is 81.3 Å². The molecule has 6 heterocycles. The molecule has 1 unspecified atom stereocenters. The van der Waals surface area contributed by atoms with Crippen LogP contribution in [0.15, 0.2) is 222 Å². The van der Waals surface area contributed by atoms with E-state index < -0.39 is 41.4 Å². The van der Waals surface area contributed by atoms with E-state index in [1.165, 1.54) is 104 Å². The third kappa shape index (κ3) is 14.9. The van der Waals surface area contributed by atoms with Gasteiger partial charge >= 0.3 is 23.9 Å². The van der Waals surface area contributed by atoms with Gasteiger partial charge in [0.1, 0.15) is 17.2 Å². The molecule has 0 saturated heterocycles. The number of anilines is 2. The van der Waals surface area contributed by atoms with Crippen molar-refractivity contribution in [2.24, 2.45) is 0 Å². The van der Waals surface area contributed by atoms with Crippen molar-refractivity contribution < 1.29 is 76.0 Å². The van der Waals surface area contributed by atoms with Crippen molar-refractivity contribution in [1.29, 1.82) is 0 Å². The van der Waals surface area contributed by atoms with Crippen LogP contribution in [-0.4, -0.2) is 99.9 Å². The molecular weight excluding hydrogens is 1250 g/mol. The Bertz CT molecular complexity index is 4380. The maximum atomic E-state index is 14.3. The largest absolute Gasteiger partial charge is 0.504 e. The second-order valence-electron chi connectivity index (χ2n) is 21.6. The third-order valence-corrected chi connectivity index (χ3v) is 17.4. The first-order chi connectivity index (χ1) is 45.5. The number of esters is 4. The number of likely N-dealkylation sites (N-methyl/N-ethyl adjacent to an activating group) is 1. The highest BCUT2D eigenvalue weighted by Gasteiger charge is 2.43. The normalized spacial score (nSPS) is 17.0. The third-order valence-electron chi connectivity index (χ3n) is 15.7. The molecule has 2 amide bonds. The number of benzene rings is 4. The van der Waals surface area contributed by atoms with E-state index in [4.69, 9.17) is 28.1 Å². The van der Waals surface area contributed by atoms with Crippen LogP contribution in [0.25, 0.3) is 24.3 Å². The van der Waals surface area contributed by atoms with E-state index in [1.54, 1.807) is 94.3 Å². The van der Waals surface area contributed by atoms with Crippen LogP contribution in [-0.2, 0) is 57.3 Å². The zero-order valence-electron chi connectivity index (χ0n) is 54.1. The highest BCUT2D eigenvalue weighted by molar-refractivity contribution is 7.11. The Labute approximate surface area is 556 Å². The Balaban J connectivity index is 0.000000164. The van der Waals surface area contributed by atoms with Crippen LogP contribution in [0.5, 0.6) is 11.5 Å². The summed E-state index contributed by atoms with van der Waals surface area (Å²) in [6.07, 6.45) is 8.02. The van der Waals surface area contributed by atoms with Crippen molar-refractivity contribution in [1.82, 2.24) is 4.90 Å². The van der Waals surface area contributed by atoms with Crippen LogP contribution < -0.4 is 14.5 Å². The number of nitrogens with zero attached hydrogens (tertiary/aromatic N) is 3. The number of amides is 2. The highest BCUT2D eigenvalue weighted by atomic mass is 32.1. The zero-order chi connectivity index (χ0) is 68.9. The number of ketones is 2. The first-order valence-electron chi connectivity index (χ1n) is 29.5. The summed E-state index contributed by atoms with van der Waals surface area (Å²) < 4.78 is 44.0. The van der Waals surface area contributed by atoms with Gasteiger partial charge in [0.25, 0.3) is 11.8 Å². The number of methoxy groups -OCH3 is 5. The molecule has 1 N–H and O–H groups in total. The van der Waals surface area contributed by atoms with Crippen LogP contribution in [0.2, 0.25) is 0 Å². The Hall–Kier alpha value is -11.0. The Morgan fingerprint density at radius 1 is 0.558 bits per heavy atom. The van der Waals surface area contributed by atoms with E-state index in [0.29, 0.717) is 62.4 Å². The number of thiophene rings is 2. The van der Waals surface area contributed by atoms with Crippen LogP contribution in [0, 0.1) is 5.82 Å². The Morgan fingerprint density at radius 3 is 1.66 bits per heavy atom. The van der Waals surface area contributed by atoms with Crippen molar-refractivity contribution in [3.63, 3.8) is 0 Å². The number of ether oxygens (including phenoxy) is 5. The molecule has 0 radical (unpaired) electrons. The average molecular weight is 1320 g/mol. The van der Waals surface area contributed by atoms with E-state index in [2.05, 4.69) is 13.8 Å². The quantitative estimate of drug-likeness (QED) is 0.0490. The van der Waals surface area contributed by atoms with E-state index in [9.17, 15) is 47.9 Å². The van der Waals surface area contributed by atoms with Crippen molar-refractivity contribution in [2.45, 2.75) is 53.4 Å². The number of halogens is 1. The average Bonchev–Trinajstić information content (AvgIpc) is 1.64. The Morgan fingerprint density at radius 2 is 1.11 bits per heavy atom. The molecule has 4 aromatic carbocycles. The minimum absolute atomic E-state index is 0.0566. The van der Waals surface area contributed by atoms with Crippen molar-refractivity contribution in [3.05, 3.63) is 256 Å². The fourth-order valence-corrected chi connectivity index (χ4v) is 12.1. The van der Waals surface area contributed by atoms with Crippen LogP contribution >= 0.6 is 22.7 Å². The molecule has 95 heavy (non-hydrogen) atoms. The maximum Gasteiger partial charge on any atom is 0.343 e. The minimum Gasteiger partial charge on any atom is -0.504 e. The number of para-hydroxylation sites is 2. The number of furan rings is 1. The van der Waals surface area contributed by atoms with E-state index >= 15 is 0 Å². The smallest absolute Gasteiger partial charge is 0.343 e. The lowest BCUT2D eigenvalue weighted by atomic mass is 9.91. The maximum absolute atomic E-state index is 14.3. The number of phenols is 1. The molecule has 11 rings (SSSR count). The van der Waals surface area contributed by atoms with Gasteiger partial charge in [-0.1, -0.05) is 86.6 Å². The molecule has 3 aromatic heterocycles. The molecule has 0 bridgehead atoms. The summed E-state index contributed by atoms with van der Waals surface area (Å²) in [5, 5.41) is 14.2. The van der Waals surface area contributed by atoms with Gasteiger partial charge < -0.3 is 43.0 Å². The van der Waals surface area contributed by atoms with Gasteiger partial charge in [-0.25, -0.2) is 23.6 Å². The topological polar surface area (TPSA) is 226 Å². The van der Waals surface area contributed by atoms with Gasteiger partial charge in [-0.05, 0) is 140 Å². The fraction of sp³-hybridized carbons (Fsp3) is 0.189. The summed E-state index contributed by atoms with van der Waals surface area (Å²) >= 11 is 3.05. The van der Waals surface area contributed by atoms with Gasteiger partial charge in [0.2, 0.25) is 5.78 Å². The molecule has 0 saturated carbocycles. The second kappa shape index (κ2) is 31.1. The number of phenolic OH excluding ortho intramolecular Hbond substituents is 1. The van der Waals surface area contributed by atoms with Gasteiger partial charge in [0.15, 0.2) is 17.3 Å². The predicted molar refractivity (Wildman–Crippen MR) is 362 cm³/mol. The molecule has 1 aliphatic carbocycles. The number of rotatable bonds is 13. The molecule has 18 nitrogen and oxygen atoms in total. The molecule has 3 aliphatic heterocycles. The molecule has 0 fully saturated rings. The summed E-state index contributed by atoms with van der Waals surface area (Å²) in [4.78, 5) is 106. The summed E-state index contributed by atoms with van der Waals surface area (Å²) in [7, 11) is 8.17. The summed E-state index contributed by atoms with van der Waals surface area (Å²) in [6, 6.07) is 39.1. The van der Waals surface area contributed by atoms with Crippen LogP contribution in [0.3, 0.4) is 0 Å². The lowest BCUT2D eigenvalue weighted by molar-refractivity contribution is -0.138. The number of carbonyl (C=O) groups is 8. The SMILES string of the molecule is COC(=O)C1=C(C)C(c2ccccc2F)C(=O)/C1=C\c1cccc(OC)c1O.COC(=O)C1=C(C)N(C)C(=O)/C1=C\c1cccs1.COC(=O)C1=C(C)N(c2ccc(C(C)C)cc2)C(=O)/C1=C\c1ccco1.COC(=O)C1=C(C)N(c2ccccc2)/C(=C/c2cccs2)C1=O. The molecule has 4 aliphatic rings. The van der Waals surface area contributed by atoms with Crippen LogP contribution in [0.1, 0.15) is 85.6 Å². The number of hydrogen-bond acceptors (Lipinski definition) is 18. The molecule has 7 aromatic rings. The molecule has 21 heteroatoms. The predicted octanol–water partition coefficient (Wildman–Crippen LogP) is 13.7. The van der Waals surface area contributed by atoms with E-state index in [0.717, 1.165) is 15.4 Å². The van der Waals surface area contributed by atoms with Gasteiger partial charge in [0, 0.05) is 62.0 Å². The molecule has 1 atom stereocenters. The molecular formula is C74H68FN3O15S2. The Kier molecular flexibility index (Phi) is 22.8. The second-order valence-corrected chi connectivity index (χ2v) is 23.6. The highest BCUT2D eigenvalue weighted by Crippen LogP contribution is 2.44. The van der Waals surface area contributed by atoms with Crippen LogP contribution in [0.4, 0.5) is 15.8 Å². The molecule has 488 valence electrons. The number of aromatic hydroxyl groups is 1. The van der Waals surface area contributed by atoms with E-state index in [-0.39, 0.29) is 62.5 Å². The van der Waals surface area contributed by atoms with Gasteiger partial charge in [-0.3, -0.25) is 24.1 Å². The number of carbonyl (C=O) groups excluding carboxylic acids is 8. The minimum atomic E-state index is -0.936. The summed E-state index contributed by atoms with van der Waals surface area (Å²) in [5.41, 5.74) is 7.26. The summed E-state index contributed by atoms with van der Waals surface area (Å²) in [5.74, 6) is -4.05. The van der Waals surface area contributed by atoms with Crippen molar-refractivity contribution in [2.75, 3.05) is 52.4 Å². The van der Waals surface area contributed by atoms with Crippen molar-refractivity contribution >= 4 is 106 Å². The standard InChI is InChI=1S/C22H19FO5.C21H21NO4.C18H15NO3S.C13H13NO3S/c1-12-18(14-8-4-5-9-16(14)23)21(25)15(19(12)22(26)28-3)11-13-7-6-10-17(27-2)20(13)24;1-13(2)15-7-9-16(10-8-15)22-14(3)19(21(24)25-4)18(20(22)23)12-17-6-5-11-26-17;1-12-16(18(21)22-2)17(20)15(11-14-9-6-10-23-14)19(12)13-7-4-3-5-8-13;1-8-11(13(16)17-3)10(12(15)14(8)2)7-9-5-4-6-18-9/h4-11,18,24H,1-3H3;5-13H,1-4H3;3-11H,1-2H3;4-7H,1-3H3/b15-11-;18-12-;15-11+;10-7-. The lowest BCUT2D eigenvalue weighted by Crippen LogP contribution is -2.24.